The number of alkyl halides is 3. The first-order valence-electron chi connectivity index (χ1n) is 5.70. The van der Waals surface area contributed by atoms with Gasteiger partial charge in [0, 0.05) is 17.1 Å². The summed E-state index contributed by atoms with van der Waals surface area (Å²) in [7, 11) is 0. The van der Waals surface area contributed by atoms with Gasteiger partial charge in [0.2, 0.25) is 0 Å². The molecule has 0 bridgehead atoms. The smallest absolute Gasteiger partial charge is 0.314 e. The first-order valence-corrected chi connectivity index (χ1v) is 6.52. The standard InChI is InChI=1S/C11H15F3N2S/c1-7(5-15-8-2-3-8)4-9-6-16-10(17-9)11(12,13)14/h6-8,15H,2-5H2,1H3. The van der Waals surface area contributed by atoms with Gasteiger partial charge >= 0.3 is 6.18 Å². The number of halogens is 3. The average molecular weight is 264 g/mol. The van der Waals surface area contributed by atoms with E-state index in [1.54, 1.807) is 0 Å². The lowest BCUT2D eigenvalue weighted by Gasteiger charge is -2.10. The minimum Gasteiger partial charge on any atom is -0.314 e. The predicted octanol–water partition coefficient (Wildman–Crippen LogP) is 3.09. The summed E-state index contributed by atoms with van der Waals surface area (Å²) in [6.45, 7) is 2.91. The van der Waals surface area contributed by atoms with Crippen molar-refractivity contribution in [3.8, 4) is 0 Å². The molecule has 1 fully saturated rings. The van der Waals surface area contributed by atoms with Gasteiger partial charge in [0.25, 0.3) is 0 Å². The van der Waals surface area contributed by atoms with Crippen molar-refractivity contribution in [1.29, 1.82) is 0 Å². The molecule has 0 saturated heterocycles. The zero-order chi connectivity index (χ0) is 12.5. The number of thiazole rings is 1. The highest BCUT2D eigenvalue weighted by Gasteiger charge is 2.34. The zero-order valence-electron chi connectivity index (χ0n) is 9.55. The fourth-order valence-corrected chi connectivity index (χ4v) is 2.55. The van der Waals surface area contributed by atoms with Crippen LogP contribution in [-0.4, -0.2) is 17.6 Å². The Hall–Kier alpha value is -0.620. The molecule has 1 aromatic heterocycles. The fourth-order valence-electron chi connectivity index (χ4n) is 1.60. The van der Waals surface area contributed by atoms with Crippen LogP contribution in [0.25, 0.3) is 0 Å². The van der Waals surface area contributed by atoms with Gasteiger partial charge in [-0.25, -0.2) is 4.98 Å². The number of aromatic nitrogens is 1. The third-order valence-corrected chi connectivity index (χ3v) is 3.74. The molecule has 1 heterocycles. The molecular weight excluding hydrogens is 249 g/mol. The molecule has 1 saturated carbocycles. The molecule has 0 aliphatic heterocycles. The lowest BCUT2D eigenvalue weighted by Crippen LogP contribution is -2.24. The lowest BCUT2D eigenvalue weighted by molar-refractivity contribution is -0.137. The lowest BCUT2D eigenvalue weighted by atomic mass is 10.1. The molecule has 0 radical (unpaired) electrons. The Morgan fingerprint density at radius 3 is 2.76 bits per heavy atom. The van der Waals surface area contributed by atoms with Crippen molar-refractivity contribution >= 4 is 11.3 Å². The molecular formula is C11H15F3N2S. The highest BCUT2D eigenvalue weighted by atomic mass is 32.1. The molecule has 0 aromatic carbocycles. The van der Waals surface area contributed by atoms with Crippen molar-refractivity contribution < 1.29 is 13.2 Å². The third-order valence-electron chi connectivity index (χ3n) is 2.68. The maximum absolute atomic E-state index is 12.3. The van der Waals surface area contributed by atoms with Crippen molar-refractivity contribution in [3.05, 3.63) is 16.1 Å². The summed E-state index contributed by atoms with van der Waals surface area (Å²) in [5.41, 5.74) is 0. The van der Waals surface area contributed by atoms with Gasteiger partial charge in [-0.3, -0.25) is 0 Å². The minimum atomic E-state index is -4.31. The zero-order valence-corrected chi connectivity index (χ0v) is 10.4. The summed E-state index contributed by atoms with van der Waals surface area (Å²) in [6, 6.07) is 0.643. The van der Waals surface area contributed by atoms with Crippen molar-refractivity contribution in [2.45, 2.75) is 38.4 Å². The molecule has 1 N–H and O–H groups in total. The van der Waals surface area contributed by atoms with Gasteiger partial charge in [-0.05, 0) is 31.7 Å². The van der Waals surface area contributed by atoms with Gasteiger partial charge in [-0.1, -0.05) is 6.92 Å². The molecule has 1 aliphatic rings. The molecule has 1 aliphatic carbocycles. The van der Waals surface area contributed by atoms with Gasteiger partial charge in [-0.15, -0.1) is 11.3 Å². The SMILES string of the molecule is CC(CNC1CC1)Cc1cnc(C(F)(F)F)s1. The van der Waals surface area contributed by atoms with Crippen LogP contribution in [0.15, 0.2) is 6.20 Å². The second-order valence-corrected chi connectivity index (χ2v) is 5.74. The topological polar surface area (TPSA) is 24.9 Å². The maximum atomic E-state index is 12.3. The van der Waals surface area contributed by atoms with Crippen LogP contribution in [0.1, 0.15) is 29.7 Å². The van der Waals surface area contributed by atoms with Crippen LogP contribution in [0.4, 0.5) is 13.2 Å². The van der Waals surface area contributed by atoms with Crippen LogP contribution < -0.4 is 5.32 Å². The minimum absolute atomic E-state index is 0.345. The van der Waals surface area contributed by atoms with E-state index in [0.29, 0.717) is 23.3 Å². The summed E-state index contributed by atoms with van der Waals surface area (Å²) in [5.74, 6) is 0.345. The second kappa shape index (κ2) is 4.94. The Morgan fingerprint density at radius 2 is 2.24 bits per heavy atom. The Labute approximate surface area is 102 Å². The van der Waals surface area contributed by atoms with Crippen LogP contribution in [0.3, 0.4) is 0 Å². The Bertz CT molecular complexity index is 371. The van der Waals surface area contributed by atoms with E-state index in [1.807, 2.05) is 6.92 Å². The van der Waals surface area contributed by atoms with E-state index in [4.69, 9.17) is 0 Å². The highest BCUT2D eigenvalue weighted by molar-refractivity contribution is 7.11. The van der Waals surface area contributed by atoms with Crippen LogP contribution in [0, 0.1) is 5.92 Å². The second-order valence-electron chi connectivity index (χ2n) is 4.62. The molecule has 1 atom stereocenters. The summed E-state index contributed by atoms with van der Waals surface area (Å²) in [5, 5.41) is 2.63. The van der Waals surface area contributed by atoms with Crippen molar-refractivity contribution in [3.63, 3.8) is 0 Å². The summed E-state index contributed by atoms with van der Waals surface area (Å²) < 4.78 is 37.0. The third kappa shape index (κ3) is 3.96. The Kier molecular flexibility index (Phi) is 3.73. The summed E-state index contributed by atoms with van der Waals surface area (Å²) in [4.78, 5) is 4.13. The van der Waals surface area contributed by atoms with Gasteiger partial charge < -0.3 is 5.32 Å². The maximum Gasteiger partial charge on any atom is 0.443 e. The van der Waals surface area contributed by atoms with Crippen LogP contribution in [-0.2, 0) is 12.6 Å². The van der Waals surface area contributed by atoms with Crippen LogP contribution >= 0.6 is 11.3 Å². The van der Waals surface area contributed by atoms with Crippen molar-refractivity contribution in [2.24, 2.45) is 5.92 Å². The molecule has 1 aromatic rings. The summed E-state index contributed by atoms with van der Waals surface area (Å²) >= 11 is 0.754. The number of hydrogen-bond acceptors (Lipinski definition) is 3. The van der Waals surface area contributed by atoms with Gasteiger partial charge in [-0.2, -0.15) is 13.2 Å². The van der Waals surface area contributed by atoms with Crippen molar-refractivity contribution in [1.82, 2.24) is 10.3 Å². The van der Waals surface area contributed by atoms with E-state index in [1.165, 1.54) is 19.0 Å². The monoisotopic (exact) mass is 264 g/mol. The number of hydrogen-bond donors (Lipinski definition) is 1. The molecule has 0 amide bonds. The molecule has 96 valence electrons. The van der Waals surface area contributed by atoms with Crippen LogP contribution in [0.5, 0.6) is 0 Å². The first kappa shape index (κ1) is 12.8. The van der Waals surface area contributed by atoms with Gasteiger partial charge in [0.15, 0.2) is 5.01 Å². The van der Waals surface area contributed by atoms with E-state index in [0.717, 1.165) is 17.9 Å². The van der Waals surface area contributed by atoms with E-state index >= 15 is 0 Å². The predicted molar refractivity (Wildman–Crippen MR) is 61.0 cm³/mol. The number of nitrogens with one attached hydrogen (secondary N) is 1. The van der Waals surface area contributed by atoms with E-state index in [-0.39, 0.29) is 0 Å². The van der Waals surface area contributed by atoms with E-state index in [9.17, 15) is 13.2 Å². The molecule has 2 nitrogen and oxygen atoms in total. The highest BCUT2D eigenvalue weighted by Crippen LogP contribution is 2.33. The van der Waals surface area contributed by atoms with E-state index < -0.39 is 11.2 Å². The Balaban J connectivity index is 1.82. The Morgan fingerprint density at radius 1 is 1.53 bits per heavy atom. The first-order chi connectivity index (χ1) is 7.95. The fraction of sp³-hybridized carbons (Fsp3) is 0.727. The molecule has 6 heteroatoms. The number of nitrogens with zero attached hydrogens (tertiary/aromatic N) is 1. The van der Waals surface area contributed by atoms with Crippen LogP contribution in [0.2, 0.25) is 0 Å². The van der Waals surface area contributed by atoms with Crippen molar-refractivity contribution in [2.75, 3.05) is 6.54 Å². The molecule has 2 rings (SSSR count). The van der Waals surface area contributed by atoms with Gasteiger partial charge in [0.1, 0.15) is 0 Å². The average Bonchev–Trinajstić information content (AvgIpc) is 2.93. The van der Waals surface area contributed by atoms with E-state index in [2.05, 4.69) is 10.3 Å². The molecule has 1 unspecified atom stereocenters. The summed E-state index contributed by atoms with van der Waals surface area (Å²) in [6.07, 6.45) is 0.157. The number of rotatable bonds is 5. The molecule has 17 heavy (non-hydrogen) atoms. The quantitative estimate of drug-likeness (QED) is 0.884. The van der Waals surface area contributed by atoms with Gasteiger partial charge in [0.05, 0.1) is 0 Å². The normalized spacial score (nSPS) is 18.4. The molecule has 0 spiro atoms. The largest absolute Gasteiger partial charge is 0.443 e.